The van der Waals surface area contributed by atoms with Crippen molar-refractivity contribution in [2.24, 2.45) is 0 Å². The molecule has 6 heteroatoms. The van der Waals surface area contributed by atoms with E-state index in [1.807, 2.05) is 42.5 Å². The van der Waals surface area contributed by atoms with Crippen LogP contribution in [0.25, 0.3) is 0 Å². The van der Waals surface area contributed by atoms with Crippen LogP contribution in [0.3, 0.4) is 0 Å². The van der Waals surface area contributed by atoms with Crippen molar-refractivity contribution in [2.45, 2.75) is 23.0 Å². The summed E-state index contributed by atoms with van der Waals surface area (Å²) < 4.78 is 28.6. The maximum atomic E-state index is 12.4. The molecule has 2 aromatic rings. The van der Waals surface area contributed by atoms with Crippen LogP contribution < -0.4 is 0 Å². The van der Waals surface area contributed by atoms with Crippen molar-refractivity contribution in [3.05, 3.63) is 65.7 Å². The van der Waals surface area contributed by atoms with Crippen molar-refractivity contribution in [3.8, 4) is 0 Å². The third kappa shape index (κ3) is 5.09. The molecule has 132 valence electrons. The molecule has 1 atom stereocenters. The molecule has 0 amide bonds. The monoisotopic (exact) mass is 376 g/mol. The van der Waals surface area contributed by atoms with Gasteiger partial charge < -0.3 is 4.74 Å². The van der Waals surface area contributed by atoms with Crippen molar-refractivity contribution in [1.29, 1.82) is 0 Å². The molecule has 0 radical (unpaired) electrons. The van der Waals surface area contributed by atoms with Gasteiger partial charge in [-0.1, -0.05) is 42.5 Å². The molecule has 3 rings (SSSR count). The Bertz CT molecular complexity index is 832. The summed E-state index contributed by atoms with van der Waals surface area (Å²) in [4.78, 5) is 13.2. The van der Waals surface area contributed by atoms with Crippen LogP contribution in [0.5, 0.6) is 0 Å². The maximum absolute atomic E-state index is 12.4. The highest BCUT2D eigenvalue weighted by Crippen LogP contribution is 2.33. The Morgan fingerprint density at radius 3 is 2.52 bits per heavy atom. The Morgan fingerprint density at radius 1 is 1.08 bits per heavy atom. The van der Waals surface area contributed by atoms with Crippen LogP contribution in [0.15, 0.2) is 59.5 Å². The number of carbonyl (C=O) groups is 1. The molecule has 1 heterocycles. The number of ether oxygens (including phenoxy) is 1. The van der Waals surface area contributed by atoms with E-state index < -0.39 is 9.84 Å². The number of benzene rings is 2. The van der Waals surface area contributed by atoms with E-state index in [2.05, 4.69) is 0 Å². The van der Waals surface area contributed by atoms with Crippen LogP contribution in [-0.2, 0) is 21.0 Å². The molecule has 1 aliphatic rings. The Hall–Kier alpha value is -1.79. The molecule has 1 aliphatic heterocycles. The molecule has 1 unspecified atom stereocenters. The summed E-state index contributed by atoms with van der Waals surface area (Å²) in [6, 6.07) is 17.1. The van der Waals surface area contributed by atoms with E-state index in [-0.39, 0.29) is 22.7 Å². The Kier molecular flexibility index (Phi) is 5.81. The Balaban J connectivity index is 1.61. The van der Waals surface area contributed by atoms with E-state index in [1.165, 1.54) is 11.8 Å². The van der Waals surface area contributed by atoms with Gasteiger partial charge in [-0.3, -0.25) is 0 Å². The van der Waals surface area contributed by atoms with Crippen molar-refractivity contribution >= 4 is 27.6 Å². The van der Waals surface area contributed by atoms with Crippen molar-refractivity contribution in [2.75, 3.05) is 18.1 Å². The molecule has 1 fully saturated rings. The number of thioether (sulfide) groups is 1. The van der Waals surface area contributed by atoms with Gasteiger partial charge in [0.1, 0.15) is 0 Å². The quantitative estimate of drug-likeness (QED) is 0.724. The number of esters is 1. The smallest absolute Gasteiger partial charge is 0.339 e. The van der Waals surface area contributed by atoms with Gasteiger partial charge in [0, 0.05) is 16.6 Å². The molecular weight excluding hydrogens is 356 g/mol. The van der Waals surface area contributed by atoms with Gasteiger partial charge in [-0.25, -0.2) is 13.2 Å². The van der Waals surface area contributed by atoms with Crippen molar-refractivity contribution in [1.82, 2.24) is 0 Å². The number of rotatable bonds is 6. The van der Waals surface area contributed by atoms with Crippen LogP contribution in [0.2, 0.25) is 0 Å². The fourth-order valence-electron chi connectivity index (χ4n) is 2.76. The minimum Gasteiger partial charge on any atom is -0.462 e. The Labute approximate surface area is 152 Å². The van der Waals surface area contributed by atoms with Gasteiger partial charge in [0.2, 0.25) is 0 Å². The van der Waals surface area contributed by atoms with Gasteiger partial charge in [0.15, 0.2) is 9.84 Å². The van der Waals surface area contributed by atoms with Crippen LogP contribution in [-0.4, -0.2) is 37.7 Å². The minimum absolute atomic E-state index is 0.00303. The van der Waals surface area contributed by atoms with Crippen molar-refractivity contribution < 1.29 is 17.9 Å². The molecule has 2 aromatic carbocycles. The standard InChI is InChI=1S/C19H20O4S2/c20-19(23-12-10-15-6-2-1-3-7-15)17-8-4-5-9-18(17)24-16-11-13-25(21,22)14-16/h1-9,16H,10-14H2. The zero-order valence-corrected chi connectivity index (χ0v) is 15.4. The molecular formula is C19H20O4S2. The second-order valence-electron chi connectivity index (χ2n) is 6.01. The minimum atomic E-state index is -2.93. The summed E-state index contributed by atoms with van der Waals surface area (Å²) in [5, 5.41) is 0.00303. The van der Waals surface area contributed by atoms with E-state index in [0.29, 0.717) is 25.0 Å². The summed E-state index contributed by atoms with van der Waals surface area (Å²) in [5.74, 6) is 0.0449. The first-order chi connectivity index (χ1) is 12.0. The molecule has 0 bridgehead atoms. The lowest BCUT2D eigenvalue weighted by molar-refractivity contribution is 0.0505. The predicted octanol–water partition coefficient (Wildman–Crippen LogP) is 3.37. The van der Waals surface area contributed by atoms with Gasteiger partial charge in [-0.05, 0) is 24.1 Å². The van der Waals surface area contributed by atoms with Crippen LogP contribution in [0.4, 0.5) is 0 Å². The van der Waals surface area contributed by atoms with E-state index >= 15 is 0 Å². The highest BCUT2D eigenvalue weighted by atomic mass is 32.2. The molecule has 0 aromatic heterocycles. The number of carbonyl (C=O) groups excluding carboxylic acids is 1. The van der Waals surface area contributed by atoms with Gasteiger partial charge in [-0.2, -0.15) is 0 Å². The van der Waals surface area contributed by atoms with E-state index in [1.54, 1.807) is 12.1 Å². The second kappa shape index (κ2) is 8.06. The van der Waals surface area contributed by atoms with Gasteiger partial charge >= 0.3 is 5.97 Å². The summed E-state index contributed by atoms with van der Waals surface area (Å²) in [6.07, 6.45) is 1.30. The first-order valence-corrected chi connectivity index (χ1v) is 10.9. The van der Waals surface area contributed by atoms with Crippen LogP contribution in [0.1, 0.15) is 22.3 Å². The van der Waals surface area contributed by atoms with E-state index in [4.69, 9.17) is 4.74 Å². The Morgan fingerprint density at radius 2 is 1.80 bits per heavy atom. The highest BCUT2D eigenvalue weighted by molar-refractivity contribution is 8.02. The lowest BCUT2D eigenvalue weighted by atomic mass is 10.2. The third-order valence-corrected chi connectivity index (χ3v) is 7.38. The summed E-state index contributed by atoms with van der Waals surface area (Å²) in [5.41, 5.74) is 1.62. The SMILES string of the molecule is O=C(OCCc1ccccc1)c1ccccc1SC1CCS(=O)(=O)C1. The number of sulfone groups is 1. The maximum Gasteiger partial charge on any atom is 0.339 e. The lowest BCUT2D eigenvalue weighted by Gasteiger charge is -2.12. The predicted molar refractivity (Wildman–Crippen MR) is 99.8 cm³/mol. The summed E-state index contributed by atoms with van der Waals surface area (Å²) in [7, 11) is -2.93. The normalized spacial score (nSPS) is 18.8. The average molecular weight is 376 g/mol. The molecule has 0 saturated carbocycles. The second-order valence-corrected chi connectivity index (χ2v) is 9.58. The van der Waals surface area contributed by atoms with Crippen LogP contribution >= 0.6 is 11.8 Å². The summed E-state index contributed by atoms with van der Waals surface area (Å²) in [6.45, 7) is 0.319. The third-order valence-electron chi connectivity index (χ3n) is 4.06. The molecule has 0 N–H and O–H groups in total. The van der Waals surface area contributed by atoms with Crippen LogP contribution in [0, 0.1) is 0 Å². The highest BCUT2D eigenvalue weighted by Gasteiger charge is 2.29. The van der Waals surface area contributed by atoms with E-state index in [0.717, 1.165) is 10.5 Å². The van der Waals surface area contributed by atoms with Gasteiger partial charge in [-0.15, -0.1) is 11.8 Å². The number of hydrogen-bond donors (Lipinski definition) is 0. The molecule has 0 aliphatic carbocycles. The molecule has 0 spiro atoms. The summed E-state index contributed by atoms with van der Waals surface area (Å²) >= 11 is 1.46. The molecule has 4 nitrogen and oxygen atoms in total. The first-order valence-electron chi connectivity index (χ1n) is 8.21. The molecule has 1 saturated heterocycles. The lowest BCUT2D eigenvalue weighted by Crippen LogP contribution is -2.11. The molecule has 25 heavy (non-hydrogen) atoms. The largest absolute Gasteiger partial charge is 0.462 e. The number of hydrogen-bond acceptors (Lipinski definition) is 5. The fourth-order valence-corrected chi connectivity index (χ4v) is 6.37. The van der Waals surface area contributed by atoms with E-state index in [9.17, 15) is 13.2 Å². The van der Waals surface area contributed by atoms with Crippen molar-refractivity contribution in [3.63, 3.8) is 0 Å². The topological polar surface area (TPSA) is 60.4 Å². The first kappa shape index (κ1) is 18.0. The zero-order chi connectivity index (χ0) is 17.7. The zero-order valence-electron chi connectivity index (χ0n) is 13.8. The van der Waals surface area contributed by atoms with Gasteiger partial charge in [0.25, 0.3) is 0 Å². The average Bonchev–Trinajstić information content (AvgIpc) is 2.95. The fraction of sp³-hybridized carbons (Fsp3) is 0.316. The van der Waals surface area contributed by atoms with Gasteiger partial charge in [0.05, 0.1) is 23.7 Å².